The first-order chi connectivity index (χ1) is 10.7. The van der Waals surface area contributed by atoms with Crippen LogP contribution >= 0.6 is 11.6 Å². The molecule has 114 valence electrons. The molecule has 4 heteroatoms. The third kappa shape index (κ3) is 2.87. The van der Waals surface area contributed by atoms with Gasteiger partial charge in [0, 0.05) is 22.1 Å². The second-order valence-corrected chi connectivity index (χ2v) is 6.02. The minimum Gasteiger partial charge on any atom is -0.353 e. The maximum Gasteiger partial charge on any atom is 0.0867 e. The number of aromatic amines is 1. The smallest absolute Gasteiger partial charge is 0.0867 e. The van der Waals surface area contributed by atoms with Gasteiger partial charge in [-0.05, 0) is 68.1 Å². The Labute approximate surface area is 135 Å². The molecule has 0 aliphatic carbocycles. The molecule has 22 heavy (non-hydrogen) atoms. The lowest BCUT2D eigenvalue weighted by Crippen LogP contribution is -1.99. The van der Waals surface area contributed by atoms with E-state index in [1.807, 2.05) is 36.5 Å². The van der Waals surface area contributed by atoms with Crippen LogP contribution in [-0.4, -0.2) is 16.5 Å². The first-order valence-electron chi connectivity index (χ1n) is 7.63. The first-order valence-corrected chi connectivity index (χ1v) is 8.00. The Morgan fingerprint density at radius 1 is 1.23 bits per heavy atom. The van der Waals surface area contributed by atoms with Crippen LogP contribution in [0.25, 0.3) is 22.3 Å². The van der Waals surface area contributed by atoms with Crippen molar-refractivity contribution in [3.05, 3.63) is 52.7 Å². The van der Waals surface area contributed by atoms with Crippen molar-refractivity contribution in [1.29, 1.82) is 0 Å². The molecule has 3 rings (SSSR count). The highest BCUT2D eigenvalue weighted by Crippen LogP contribution is 2.34. The lowest BCUT2D eigenvalue weighted by molar-refractivity contribution is 0.748. The van der Waals surface area contributed by atoms with Gasteiger partial charge in [-0.25, -0.2) is 0 Å². The molecule has 0 unspecified atom stereocenters. The molecule has 0 atom stereocenters. The lowest BCUT2D eigenvalue weighted by Gasteiger charge is -2.04. The van der Waals surface area contributed by atoms with Gasteiger partial charge in [-0.3, -0.25) is 4.98 Å². The molecule has 0 aliphatic rings. The van der Waals surface area contributed by atoms with Crippen molar-refractivity contribution in [2.45, 2.75) is 26.2 Å². The number of fused-ring (bicyclic) bond motifs is 1. The fraction of sp³-hybridized carbons (Fsp3) is 0.278. The van der Waals surface area contributed by atoms with Gasteiger partial charge in [-0.15, -0.1) is 0 Å². The molecule has 0 radical (unpaired) electrons. The number of aromatic nitrogens is 2. The van der Waals surface area contributed by atoms with Gasteiger partial charge in [0.05, 0.1) is 11.4 Å². The Morgan fingerprint density at radius 3 is 2.82 bits per heavy atom. The molecule has 0 spiro atoms. The van der Waals surface area contributed by atoms with E-state index in [0.717, 1.165) is 53.3 Å². The average molecular weight is 314 g/mol. The molecule has 2 heterocycles. The van der Waals surface area contributed by atoms with Crippen molar-refractivity contribution in [3.63, 3.8) is 0 Å². The first kappa shape index (κ1) is 15.1. The molecule has 3 N–H and O–H groups in total. The van der Waals surface area contributed by atoms with Crippen LogP contribution in [0.3, 0.4) is 0 Å². The normalized spacial score (nSPS) is 11.2. The zero-order valence-corrected chi connectivity index (χ0v) is 13.5. The van der Waals surface area contributed by atoms with Crippen LogP contribution in [0.4, 0.5) is 0 Å². The number of unbranched alkanes of at least 4 members (excludes halogenated alkanes) is 1. The lowest BCUT2D eigenvalue weighted by atomic mass is 10.0. The summed E-state index contributed by atoms with van der Waals surface area (Å²) < 4.78 is 0. The Kier molecular flexibility index (Phi) is 4.46. The highest BCUT2D eigenvalue weighted by atomic mass is 35.5. The molecular weight excluding hydrogens is 294 g/mol. The zero-order chi connectivity index (χ0) is 15.5. The van der Waals surface area contributed by atoms with Gasteiger partial charge in [-0.1, -0.05) is 17.7 Å². The molecular formula is C18H20ClN3. The number of hydrogen-bond donors (Lipinski definition) is 2. The van der Waals surface area contributed by atoms with Crippen LogP contribution in [-0.2, 0) is 6.42 Å². The summed E-state index contributed by atoms with van der Waals surface area (Å²) >= 11 is 6.26. The van der Waals surface area contributed by atoms with Gasteiger partial charge in [0.2, 0.25) is 0 Å². The molecule has 0 amide bonds. The molecule has 0 fully saturated rings. The van der Waals surface area contributed by atoms with Crippen molar-refractivity contribution in [3.8, 4) is 11.4 Å². The monoisotopic (exact) mass is 313 g/mol. The number of hydrogen-bond acceptors (Lipinski definition) is 2. The summed E-state index contributed by atoms with van der Waals surface area (Å²) in [4.78, 5) is 8.05. The minimum absolute atomic E-state index is 0.723. The maximum atomic E-state index is 6.26. The number of pyridine rings is 1. The standard InChI is InChI=1S/C18H20ClN3/c1-12-10-13(19)11-15-14(6-2-4-8-20)18(22-17(12)15)16-7-3-5-9-21-16/h3,5,7,9-11,22H,2,4,6,8,20H2,1H3. The van der Waals surface area contributed by atoms with Crippen molar-refractivity contribution < 1.29 is 0 Å². The van der Waals surface area contributed by atoms with Crippen LogP contribution in [0.15, 0.2) is 36.5 Å². The molecule has 0 bridgehead atoms. The zero-order valence-electron chi connectivity index (χ0n) is 12.7. The third-order valence-corrected chi connectivity index (χ3v) is 4.20. The van der Waals surface area contributed by atoms with Crippen molar-refractivity contribution in [1.82, 2.24) is 9.97 Å². The van der Waals surface area contributed by atoms with E-state index in [0.29, 0.717) is 0 Å². The van der Waals surface area contributed by atoms with Crippen LogP contribution in [0.2, 0.25) is 5.02 Å². The summed E-state index contributed by atoms with van der Waals surface area (Å²) in [6, 6.07) is 10.0. The number of nitrogens with one attached hydrogen (secondary N) is 1. The third-order valence-electron chi connectivity index (χ3n) is 3.98. The van der Waals surface area contributed by atoms with Gasteiger partial charge >= 0.3 is 0 Å². The summed E-state index contributed by atoms with van der Waals surface area (Å²) in [7, 11) is 0. The molecule has 0 saturated heterocycles. The second kappa shape index (κ2) is 6.51. The van der Waals surface area contributed by atoms with E-state index in [-0.39, 0.29) is 0 Å². The Bertz CT molecular complexity index is 778. The molecule has 3 aromatic rings. The average Bonchev–Trinajstić information content (AvgIpc) is 2.88. The summed E-state index contributed by atoms with van der Waals surface area (Å²) in [6.07, 6.45) is 4.88. The summed E-state index contributed by atoms with van der Waals surface area (Å²) in [5.41, 5.74) is 11.3. The van der Waals surface area contributed by atoms with Gasteiger partial charge in [0.25, 0.3) is 0 Å². The topological polar surface area (TPSA) is 54.7 Å². The SMILES string of the molecule is Cc1cc(Cl)cc2c(CCCCN)c(-c3ccccn3)[nH]c12. The van der Waals surface area contributed by atoms with Crippen LogP contribution in [0, 0.1) is 6.92 Å². The quantitative estimate of drug-likeness (QED) is 0.683. The van der Waals surface area contributed by atoms with E-state index >= 15 is 0 Å². The number of aryl methyl sites for hydroxylation is 2. The Morgan fingerprint density at radius 2 is 2.09 bits per heavy atom. The summed E-state index contributed by atoms with van der Waals surface area (Å²) in [5, 5.41) is 1.97. The van der Waals surface area contributed by atoms with E-state index in [4.69, 9.17) is 17.3 Å². The number of nitrogens with two attached hydrogens (primary N) is 1. The van der Waals surface area contributed by atoms with Crippen LogP contribution in [0.5, 0.6) is 0 Å². The van der Waals surface area contributed by atoms with Crippen LogP contribution in [0.1, 0.15) is 24.0 Å². The van der Waals surface area contributed by atoms with Gasteiger partial charge in [0.15, 0.2) is 0 Å². The van der Waals surface area contributed by atoms with E-state index < -0.39 is 0 Å². The number of rotatable bonds is 5. The fourth-order valence-corrected chi connectivity index (χ4v) is 3.19. The van der Waals surface area contributed by atoms with E-state index in [9.17, 15) is 0 Å². The molecule has 0 aliphatic heterocycles. The van der Waals surface area contributed by atoms with Crippen molar-refractivity contribution in [2.75, 3.05) is 6.54 Å². The highest BCUT2D eigenvalue weighted by Gasteiger charge is 2.15. The van der Waals surface area contributed by atoms with E-state index in [2.05, 4.69) is 16.9 Å². The number of benzene rings is 1. The van der Waals surface area contributed by atoms with Crippen LogP contribution < -0.4 is 5.73 Å². The summed E-state index contributed by atoms with van der Waals surface area (Å²) in [6.45, 7) is 2.80. The number of nitrogens with zero attached hydrogens (tertiary/aromatic N) is 1. The molecule has 0 saturated carbocycles. The molecule has 1 aromatic carbocycles. The minimum atomic E-state index is 0.723. The maximum absolute atomic E-state index is 6.26. The highest BCUT2D eigenvalue weighted by molar-refractivity contribution is 6.31. The van der Waals surface area contributed by atoms with Crippen molar-refractivity contribution >= 4 is 22.5 Å². The predicted molar refractivity (Wildman–Crippen MR) is 93.3 cm³/mol. The van der Waals surface area contributed by atoms with E-state index in [1.165, 1.54) is 10.9 Å². The number of H-pyrrole nitrogens is 1. The van der Waals surface area contributed by atoms with Gasteiger partial charge in [0.1, 0.15) is 0 Å². The Hall–Kier alpha value is -1.84. The Balaban J connectivity index is 2.17. The largest absolute Gasteiger partial charge is 0.353 e. The predicted octanol–water partition coefficient (Wildman–Crippen LogP) is 4.47. The van der Waals surface area contributed by atoms with Crippen molar-refractivity contribution in [2.24, 2.45) is 5.73 Å². The molecule has 2 aromatic heterocycles. The van der Waals surface area contributed by atoms with E-state index in [1.54, 1.807) is 0 Å². The fourth-order valence-electron chi connectivity index (χ4n) is 2.92. The number of halogens is 1. The second-order valence-electron chi connectivity index (χ2n) is 5.58. The molecule has 3 nitrogen and oxygen atoms in total. The van der Waals surface area contributed by atoms with Gasteiger partial charge in [-0.2, -0.15) is 0 Å². The van der Waals surface area contributed by atoms with Gasteiger partial charge < -0.3 is 10.7 Å². The summed E-state index contributed by atoms with van der Waals surface area (Å²) in [5.74, 6) is 0.